The van der Waals surface area contributed by atoms with E-state index in [1.807, 2.05) is 6.07 Å². The molecule has 0 saturated carbocycles. The van der Waals surface area contributed by atoms with Gasteiger partial charge < -0.3 is 15.2 Å². The molecule has 1 aromatic heterocycles. The van der Waals surface area contributed by atoms with Crippen molar-refractivity contribution in [3.8, 4) is 0 Å². The Kier molecular flexibility index (Phi) is 7.68. The standard InChI is InChI=1S/C13H24N4O/c1-3-5-6-7-9-15-13(14-4-2)16-11-12-8-10-18-17-12/h8,10H,3-7,9,11H2,1-2H3,(H2,14,15,16). The summed E-state index contributed by atoms with van der Waals surface area (Å²) >= 11 is 0. The lowest BCUT2D eigenvalue weighted by Gasteiger charge is -2.10. The molecule has 18 heavy (non-hydrogen) atoms. The van der Waals surface area contributed by atoms with Crippen molar-refractivity contribution in [2.24, 2.45) is 4.99 Å². The minimum absolute atomic E-state index is 0.542. The first kappa shape index (κ1) is 14.5. The molecule has 0 aliphatic rings. The lowest BCUT2D eigenvalue weighted by Crippen LogP contribution is -2.37. The quantitative estimate of drug-likeness (QED) is 0.423. The summed E-state index contributed by atoms with van der Waals surface area (Å²) in [7, 11) is 0. The van der Waals surface area contributed by atoms with E-state index < -0.39 is 0 Å². The smallest absolute Gasteiger partial charge is 0.191 e. The molecule has 0 amide bonds. The molecule has 0 unspecified atom stereocenters. The molecular weight excluding hydrogens is 228 g/mol. The van der Waals surface area contributed by atoms with Crippen LogP contribution in [0.3, 0.4) is 0 Å². The fourth-order valence-corrected chi connectivity index (χ4v) is 1.58. The first-order chi connectivity index (χ1) is 8.86. The van der Waals surface area contributed by atoms with Crippen LogP contribution in [-0.4, -0.2) is 24.2 Å². The number of aliphatic imine (C=N–C) groups is 1. The maximum Gasteiger partial charge on any atom is 0.191 e. The summed E-state index contributed by atoms with van der Waals surface area (Å²) in [6.45, 7) is 6.65. The van der Waals surface area contributed by atoms with Gasteiger partial charge in [-0.15, -0.1) is 0 Å². The third-order valence-electron chi connectivity index (χ3n) is 2.56. The van der Waals surface area contributed by atoms with Crippen molar-refractivity contribution in [1.29, 1.82) is 0 Å². The Morgan fingerprint density at radius 3 is 2.83 bits per heavy atom. The summed E-state index contributed by atoms with van der Waals surface area (Å²) in [5, 5.41) is 10.4. The summed E-state index contributed by atoms with van der Waals surface area (Å²) in [5.41, 5.74) is 0.846. The molecule has 0 aliphatic heterocycles. The maximum absolute atomic E-state index is 4.77. The van der Waals surface area contributed by atoms with Crippen molar-refractivity contribution < 1.29 is 4.52 Å². The van der Waals surface area contributed by atoms with Gasteiger partial charge in [-0.05, 0) is 13.3 Å². The molecule has 5 heteroatoms. The van der Waals surface area contributed by atoms with Crippen LogP contribution in [0.15, 0.2) is 21.8 Å². The van der Waals surface area contributed by atoms with Gasteiger partial charge in [0.25, 0.3) is 0 Å². The second kappa shape index (κ2) is 9.50. The van der Waals surface area contributed by atoms with Crippen molar-refractivity contribution in [3.05, 3.63) is 18.0 Å². The number of rotatable bonds is 8. The molecule has 0 aromatic carbocycles. The molecule has 1 heterocycles. The highest BCUT2D eigenvalue weighted by atomic mass is 16.5. The third-order valence-corrected chi connectivity index (χ3v) is 2.56. The van der Waals surface area contributed by atoms with E-state index in [1.54, 1.807) is 6.26 Å². The van der Waals surface area contributed by atoms with Crippen LogP contribution >= 0.6 is 0 Å². The van der Waals surface area contributed by atoms with Gasteiger partial charge in [0, 0.05) is 19.2 Å². The molecule has 0 bridgehead atoms. The van der Waals surface area contributed by atoms with Crippen LogP contribution in [0.5, 0.6) is 0 Å². The van der Waals surface area contributed by atoms with Crippen LogP contribution < -0.4 is 10.6 Å². The van der Waals surface area contributed by atoms with Crippen LogP contribution in [0, 0.1) is 0 Å². The van der Waals surface area contributed by atoms with Crippen LogP contribution in [-0.2, 0) is 6.54 Å². The van der Waals surface area contributed by atoms with Crippen LogP contribution in [0.1, 0.15) is 45.2 Å². The van der Waals surface area contributed by atoms with Crippen molar-refractivity contribution >= 4 is 5.96 Å². The van der Waals surface area contributed by atoms with E-state index in [1.165, 1.54) is 25.7 Å². The number of hydrogen-bond donors (Lipinski definition) is 2. The molecule has 0 radical (unpaired) electrons. The highest BCUT2D eigenvalue weighted by molar-refractivity contribution is 5.79. The maximum atomic E-state index is 4.77. The van der Waals surface area contributed by atoms with E-state index in [0.29, 0.717) is 6.54 Å². The lowest BCUT2D eigenvalue weighted by molar-refractivity contribution is 0.412. The molecule has 0 saturated heterocycles. The van der Waals surface area contributed by atoms with Crippen molar-refractivity contribution in [3.63, 3.8) is 0 Å². The van der Waals surface area contributed by atoms with Crippen LogP contribution in [0.2, 0.25) is 0 Å². The van der Waals surface area contributed by atoms with Gasteiger partial charge in [-0.2, -0.15) is 0 Å². The average molecular weight is 252 g/mol. The molecule has 102 valence electrons. The molecular formula is C13H24N4O. The highest BCUT2D eigenvalue weighted by Crippen LogP contribution is 1.98. The van der Waals surface area contributed by atoms with E-state index in [9.17, 15) is 0 Å². The number of hydrogen-bond acceptors (Lipinski definition) is 3. The summed E-state index contributed by atoms with van der Waals surface area (Å²) in [6, 6.07) is 1.83. The first-order valence-corrected chi connectivity index (χ1v) is 6.78. The van der Waals surface area contributed by atoms with Gasteiger partial charge in [-0.3, -0.25) is 0 Å². The number of nitrogens with one attached hydrogen (secondary N) is 2. The summed E-state index contributed by atoms with van der Waals surface area (Å²) in [5.74, 6) is 0.844. The van der Waals surface area contributed by atoms with Crippen LogP contribution in [0.25, 0.3) is 0 Å². The van der Waals surface area contributed by atoms with E-state index in [0.717, 1.165) is 24.7 Å². The van der Waals surface area contributed by atoms with Crippen LogP contribution in [0.4, 0.5) is 0 Å². The number of nitrogens with zero attached hydrogens (tertiary/aromatic N) is 2. The Labute approximate surface area is 109 Å². The van der Waals surface area contributed by atoms with Gasteiger partial charge in [0.1, 0.15) is 12.0 Å². The van der Waals surface area contributed by atoms with E-state index in [2.05, 4.69) is 34.6 Å². The third kappa shape index (κ3) is 6.27. The molecule has 0 atom stereocenters. The van der Waals surface area contributed by atoms with Gasteiger partial charge in [-0.1, -0.05) is 31.3 Å². The number of guanidine groups is 1. The molecule has 5 nitrogen and oxygen atoms in total. The van der Waals surface area contributed by atoms with Gasteiger partial charge in [-0.25, -0.2) is 4.99 Å². The largest absolute Gasteiger partial charge is 0.364 e. The lowest BCUT2D eigenvalue weighted by atomic mass is 10.2. The van der Waals surface area contributed by atoms with Gasteiger partial charge in [0.05, 0.1) is 6.54 Å². The fourth-order valence-electron chi connectivity index (χ4n) is 1.58. The minimum Gasteiger partial charge on any atom is -0.364 e. The van der Waals surface area contributed by atoms with Gasteiger partial charge in [0.2, 0.25) is 0 Å². The Bertz CT molecular complexity index is 322. The van der Waals surface area contributed by atoms with Crippen molar-refractivity contribution in [2.45, 2.75) is 46.1 Å². The normalized spacial score (nSPS) is 11.6. The summed E-state index contributed by atoms with van der Waals surface area (Å²) < 4.78 is 4.77. The highest BCUT2D eigenvalue weighted by Gasteiger charge is 1.98. The van der Waals surface area contributed by atoms with Gasteiger partial charge in [0.15, 0.2) is 5.96 Å². The second-order valence-corrected chi connectivity index (χ2v) is 4.17. The van der Waals surface area contributed by atoms with Crippen molar-refractivity contribution in [1.82, 2.24) is 15.8 Å². The fraction of sp³-hybridized carbons (Fsp3) is 0.692. The zero-order chi connectivity index (χ0) is 13.1. The number of aromatic nitrogens is 1. The monoisotopic (exact) mass is 252 g/mol. The minimum atomic E-state index is 0.542. The molecule has 1 rings (SSSR count). The predicted molar refractivity (Wildman–Crippen MR) is 73.5 cm³/mol. The SMILES string of the molecule is CCCCCCNC(=NCc1ccon1)NCC. The first-order valence-electron chi connectivity index (χ1n) is 6.78. The summed E-state index contributed by atoms with van der Waals surface area (Å²) in [6.07, 6.45) is 6.58. The van der Waals surface area contributed by atoms with E-state index in [4.69, 9.17) is 4.52 Å². The zero-order valence-corrected chi connectivity index (χ0v) is 11.4. The Morgan fingerprint density at radius 1 is 1.28 bits per heavy atom. The summed E-state index contributed by atoms with van der Waals surface area (Å²) in [4.78, 5) is 4.45. The average Bonchev–Trinajstić information content (AvgIpc) is 2.88. The molecule has 2 N–H and O–H groups in total. The molecule has 1 aromatic rings. The zero-order valence-electron chi connectivity index (χ0n) is 11.4. The Morgan fingerprint density at radius 2 is 2.17 bits per heavy atom. The molecule has 0 fully saturated rings. The Balaban J connectivity index is 2.27. The molecule has 0 spiro atoms. The second-order valence-electron chi connectivity index (χ2n) is 4.17. The Hall–Kier alpha value is -1.52. The molecule has 0 aliphatic carbocycles. The topological polar surface area (TPSA) is 62.5 Å². The van der Waals surface area contributed by atoms with E-state index >= 15 is 0 Å². The van der Waals surface area contributed by atoms with Crippen molar-refractivity contribution in [2.75, 3.05) is 13.1 Å². The van der Waals surface area contributed by atoms with Gasteiger partial charge >= 0.3 is 0 Å². The number of unbranched alkanes of at least 4 members (excludes halogenated alkanes) is 3. The van der Waals surface area contributed by atoms with E-state index in [-0.39, 0.29) is 0 Å². The predicted octanol–water partition coefficient (Wildman–Crippen LogP) is 2.31.